The fourth-order valence-electron chi connectivity index (χ4n) is 12.3. The van der Waals surface area contributed by atoms with Gasteiger partial charge in [-0.15, -0.1) is 0 Å². The number of ether oxygens (including phenoxy) is 5. The second-order valence-corrected chi connectivity index (χ2v) is 27.4. The van der Waals surface area contributed by atoms with Gasteiger partial charge in [0.05, 0.1) is 133 Å². The number of aryl methyl sites for hydroxylation is 6. The van der Waals surface area contributed by atoms with Gasteiger partial charge in [-0.25, -0.2) is 19.2 Å². The first kappa shape index (κ1) is 84.2. The molecule has 1 atom stereocenters. The summed E-state index contributed by atoms with van der Waals surface area (Å²) in [6.07, 6.45) is 8.73. The number of aliphatic hydroxyl groups excluding tert-OH is 1. The van der Waals surface area contributed by atoms with E-state index < -0.39 is 24.0 Å². The molecule has 590 valence electrons. The number of carbonyl (C=O) groups is 4. The van der Waals surface area contributed by atoms with E-state index in [9.17, 15) is 24.3 Å². The van der Waals surface area contributed by atoms with Gasteiger partial charge in [0.25, 0.3) is 0 Å². The Morgan fingerprint density at radius 3 is 1.51 bits per heavy atom. The van der Waals surface area contributed by atoms with Crippen molar-refractivity contribution in [3.05, 3.63) is 271 Å². The third kappa shape index (κ3) is 21.7. The number of nitrogens with one attached hydrogen (secondary N) is 5. The first-order valence-electron chi connectivity index (χ1n) is 36.8. The van der Waals surface area contributed by atoms with Gasteiger partial charge in [0, 0.05) is 85.5 Å². The third-order valence-electron chi connectivity index (χ3n) is 17.4. The average molecular weight is 1600 g/mol. The molecule has 23 nitrogen and oxygen atoms in total. The molecule has 8 heterocycles. The van der Waals surface area contributed by atoms with Crippen molar-refractivity contribution in [2.24, 2.45) is 0 Å². The molecule has 0 fully saturated rings. The van der Waals surface area contributed by atoms with E-state index in [0.717, 1.165) is 72.9 Å². The number of halogens is 3. The number of nitrogens with zero attached hydrogens (tertiary/aromatic N) is 5. The summed E-state index contributed by atoms with van der Waals surface area (Å²) in [6.45, 7) is 24.1. The number of fused-ring (bicyclic) bond motifs is 5. The van der Waals surface area contributed by atoms with Gasteiger partial charge in [0.15, 0.2) is 0 Å². The van der Waals surface area contributed by atoms with Crippen molar-refractivity contribution in [1.29, 1.82) is 0 Å². The molecule has 0 aliphatic heterocycles. The Labute approximate surface area is 675 Å². The van der Waals surface area contributed by atoms with Gasteiger partial charge >= 0.3 is 23.9 Å². The lowest BCUT2D eigenvalue weighted by molar-refractivity contribution is 0.0517. The number of benzene rings is 6. The molecule has 8 aromatic heterocycles. The summed E-state index contributed by atoms with van der Waals surface area (Å²) in [4.78, 5) is 70.7. The largest absolute Gasteiger partial charge is 0.494 e. The van der Waals surface area contributed by atoms with Crippen molar-refractivity contribution in [3.63, 3.8) is 0 Å². The molecule has 14 aromatic rings. The van der Waals surface area contributed by atoms with Crippen molar-refractivity contribution in [3.8, 4) is 5.75 Å². The number of hydrogen-bond donors (Lipinski definition) is 6. The predicted octanol–water partition coefficient (Wildman–Crippen LogP) is 20.9. The molecule has 0 bridgehead atoms. The second-order valence-electron chi connectivity index (χ2n) is 26.1. The second kappa shape index (κ2) is 40.3. The van der Waals surface area contributed by atoms with Crippen LogP contribution in [0.4, 0.5) is 34.1 Å². The maximum Gasteiger partial charge on any atom is 0.341 e. The van der Waals surface area contributed by atoms with E-state index in [0.29, 0.717) is 121 Å². The number of rotatable bonds is 23. The van der Waals surface area contributed by atoms with E-state index in [1.165, 1.54) is 46.2 Å². The molecule has 0 spiro atoms. The van der Waals surface area contributed by atoms with Gasteiger partial charge in [-0.05, 0) is 190 Å². The summed E-state index contributed by atoms with van der Waals surface area (Å²) in [5.74, 6) is 1.36. The quantitative estimate of drug-likeness (QED) is 0.0256. The van der Waals surface area contributed by atoms with Gasteiger partial charge in [0.1, 0.15) is 45.2 Å². The minimum atomic E-state index is -0.552. The summed E-state index contributed by atoms with van der Waals surface area (Å²) < 4.78 is 41.7. The highest BCUT2D eigenvalue weighted by molar-refractivity contribution is 6.39. The van der Waals surface area contributed by atoms with Crippen LogP contribution in [0.2, 0.25) is 15.1 Å². The number of methoxy groups -OCH3 is 1. The molecule has 26 heteroatoms. The standard InChI is InChI=1S/C21H22N2O2.C17H14Cl2N2O3.C17H15ClN2O3.C17H18N2O.C16H20N2O4/c1-5-25-21(24)16-7-9-19-17(12-16)20(11-15(4)22-19)23-18-8-6-13(2)10-14(18)3;1-2-23-17(22)13-9-21-16-12(6-10(18)7-14(16)19)15(13)20-8-11-4-3-5-24-11;1-2-22-17(21)13-10-20-16-12(6-3-7-14(16)18)15(13)19-9-11-5-4-8-23-11;1-11-7-12(2)17-15(8-11)16(9-13(3)19-17)18-10-14-5-4-6-20-14;1-4-22-16(20)12-9-18-15-11(6-5-7-13(15)21-3)14(12)17-8-10(2)19/h6-12H,5H2,1-4H3,(H,22,23);3-7,9H,2,8H2,1H3,(H,20,21);3-8,10H,2,9H2,1H3,(H,19,20);4-9H,10H2,1-3H3,(H,18,19);5-7,9-10,19H,4,8H2,1-3H3,(H,17,18). The molecule has 114 heavy (non-hydrogen) atoms. The zero-order valence-electron chi connectivity index (χ0n) is 65.3. The molecule has 14 rings (SSSR count). The lowest BCUT2D eigenvalue weighted by Gasteiger charge is -2.16. The molecule has 6 aromatic carbocycles. The van der Waals surface area contributed by atoms with Gasteiger partial charge in [-0.1, -0.05) is 88.4 Å². The fraction of sp³-hybridized carbons (Fsp3) is 0.239. The topological polar surface area (TPSA) is 299 Å². The number of furan rings is 3. The maximum atomic E-state index is 12.2. The van der Waals surface area contributed by atoms with Crippen molar-refractivity contribution in [1.82, 2.24) is 24.9 Å². The summed E-state index contributed by atoms with van der Waals surface area (Å²) in [6, 6.07) is 45.6. The van der Waals surface area contributed by atoms with E-state index in [1.54, 1.807) is 96.9 Å². The van der Waals surface area contributed by atoms with Crippen molar-refractivity contribution >= 4 is 147 Å². The average Bonchev–Trinajstić information content (AvgIpc) is 0.996. The molecule has 0 aliphatic rings. The Kier molecular flexibility index (Phi) is 29.7. The van der Waals surface area contributed by atoms with Gasteiger partial charge in [0.2, 0.25) is 0 Å². The first-order chi connectivity index (χ1) is 55.0. The number of aromatic nitrogens is 5. The Morgan fingerprint density at radius 1 is 0.447 bits per heavy atom. The van der Waals surface area contributed by atoms with E-state index in [4.69, 9.17) is 71.7 Å². The number of aliphatic hydroxyl groups is 1. The Bertz CT molecular complexity index is 5690. The summed E-state index contributed by atoms with van der Waals surface area (Å²) >= 11 is 18.5. The number of anilines is 6. The number of esters is 4. The van der Waals surface area contributed by atoms with Crippen LogP contribution in [0.5, 0.6) is 5.75 Å². The van der Waals surface area contributed by atoms with Crippen LogP contribution in [0.15, 0.2) is 196 Å². The van der Waals surface area contributed by atoms with Crippen LogP contribution >= 0.6 is 34.8 Å². The SMILES string of the molecule is CCOC(=O)c1ccc2nc(C)cc(Nc3ccc(C)cc3C)c2c1.CCOC(=O)c1cnc2c(Cl)cc(Cl)cc2c1NCc1ccco1.CCOC(=O)c1cnc2c(Cl)cccc2c1NCc1ccco1.CCOC(=O)c1cnc2c(OC)cccc2c1NCC(C)O.Cc1cc(C)c2nc(C)cc(NCc3ccco3)c2c1. The molecule has 0 radical (unpaired) electrons. The van der Waals surface area contributed by atoms with Crippen LogP contribution in [0.25, 0.3) is 54.5 Å². The van der Waals surface area contributed by atoms with Crippen LogP contribution in [-0.4, -0.2) is 100 Å². The zero-order chi connectivity index (χ0) is 81.5. The molecular formula is C88H89Cl3N10O13. The van der Waals surface area contributed by atoms with Crippen LogP contribution in [-0.2, 0) is 38.6 Å². The molecule has 6 N–H and O–H groups in total. The maximum absolute atomic E-state index is 12.2. The fourth-order valence-corrected chi connectivity index (χ4v) is 13.1. The number of hydrogen-bond acceptors (Lipinski definition) is 23. The highest BCUT2D eigenvalue weighted by Crippen LogP contribution is 2.37. The van der Waals surface area contributed by atoms with Crippen molar-refractivity contribution < 1.29 is 61.2 Å². The smallest absolute Gasteiger partial charge is 0.341 e. The molecule has 1 unspecified atom stereocenters. The molecule has 0 amide bonds. The number of carbonyl (C=O) groups excluding carboxylic acids is 4. The third-order valence-corrected chi connectivity index (χ3v) is 18.2. The predicted molar refractivity (Wildman–Crippen MR) is 451 cm³/mol. The van der Waals surface area contributed by atoms with Crippen LogP contribution in [0.3, 0.4) is 0 Å². The minimum absolute atomic E-state index is 0.269. The van der Waals surface area contributed by atoms with E-state index in [1.807, 2.05) is 86.6 Å². The van der Waals surface area contributed by atoms with E-state index in [2.05, 4.69) is 116 Å². The van der Waals surface area contributed by atoms with Crippen LogP contribution in [0, 0.1) is 41.5 Å². The van der Waals surface area contributed by atoms with Crippen molar-refractivity contribution in [2.45, 2.75) is 102 Å². The van der Waals surface area contributed by atoms with E-state index >= 15 is 0 Å². The summed E-state index contributed by atoms with van der Waals surface area (Å²) in [7, 11) is 1.57. The monoisotopic (exact) mass is 1600 g/mol. The van der Waals surface area contributed by atoms with Crippen molar-refractivity contribution in [2.75, 3.05) is 66.7 Å². The van der Waals surface area contributed by atoms with Gasteiger partial charge < -0.3 is 68.6 Å². The number of para-hydroxylation sites is 2. The molecule has 0 saturated carbocycles. The first-order valence-corrected chi connectivity index (χ1v) is 38.0. The lowest BCUT2D eigenvalue weighted by Crippen LogP contribution is -2.18. The Hall–Kier alpha value is -12.3. The van der Waals surface area contributed by atoms with Crippen LogP contribution < -0.4 is 31.3 Å². The molecule has 0 saturated heterocycles. The van der Waals surface area contributed by atoms with Crippen LogP contribution in [0.1, 0.15) is 127 Å². The Morgan fingerprint density at radius 2 is 0.956 bits per heavy atom. The molecular weight excluding hydrogens is 1510 g/mol. The number of pyridine rings is 5. The van der Waals surface area contributed by atoms with Gasteiger partial charge in [-0.2, -0.15) is 0 Å². The zero-order valence-corrected chi connectivity index (χ0v) is 67.5. The van der Waals surface area contributed by atoms with Gasteiger partial charge in [-0.3, -0.25) is 24.9 Å². The summed E-state index contributed by atoms with van der Waals surface area (Å²) in [5.41, 5.74) is 16.9. The normalized spacial score (nSPS) is 11.0. The van der Waals surface area contributed by atoms with E-state index in [-0.39, 0.29) is 19.2 Å². The highest BCUT2D eigenvalue weighted by atomic mass is 35.5. The highest BCUT2D eigenvalue weighted by Gasteiger charge is 2.23. The Balaban J connectivity index is 0.000000151. The minimum Gasteiger partial charge on any atom is -0.494 e. The summed E-state index contributed by atoms with van der Waals surface area (Å²) in [5, 5.41) is 31.6. The molecule has 0 aliphatic carbocycles. The lowest BCUT2D eigenvalue weighted by atomic mass is 10.0.